The van der Waals surface area contributed by atoms with E-state index in [9.17, 15) is 19.5 Å². The van der Waals surface area contributed by atoms with Crippen LogP contribution in [0.1, 0.15) is 38.9 Å². The first kappa shape index (κ1) is 28.6. The summed E-state index contributed by atoms with van der Waals surface area (Å²) in [4.78, 5) is 45.1. The Morgan fingerprint density at radius 2 is 1.81 bits per heavy atom. The second-order valence-corrected chi connectivity index (χ2v) is 12.1. The average Bonchev–Trinajstić information content (AvgIpc) is 3.69. The highest BCUT2D eigenvalue weighted by Crippen LogP contribution is 2.44. The summed E-state index contributed by atoms with van der Waals surface area (Å²) < 4.78 is 7.03. The van der Waals surface area contributed by atoms with Crippen LogP contribution < -0.4 is 4.90 Å². The molecule has 1 aliphatic heterocycles. The molecule has 0 saturated carbocycles. The van der Waals surface area contributed by atoms with Crippen LogP contribution in [0, 0.1) is 6.92 Å². The highest BCUT2D eigenvalue weighted by atomic mass is 35.5. The number of aromatic nitrogens is 4. The number of halogens is 1. The van der Waals surface area contributed by atoms with Crippen LogP contribution in [0.25, 0.3) is 11.4 Å². The number of hydrogen-bond donors (Lipinski definition) is 1. The van der Waals surface area contributed by atoms with Gasteiger partial charge in [-0.25, -0.2) is 9.78 Å². The minimum atomic E-state index is -1.06. The smallest absolute Gasteiger partial charge is 0.337 e. The van der Waals surface area contributed by atoms with Crippen LogP contribution in [0.5, 0.6) is 0 Å². The Morgan fingerprint density at radius 3 is 2.56 bits per heavy atom. The number of ketones is 1. The Bertz CT molecular complexity index is 1930. The van der Waals surface area contributed by atoms with Gasteiger partial charge in [-0.2, -0.15) is 0 Å². The first-order chi connectivity index (χ1) is 20.8. The number of carbonyl (C=O) groups is 3. The van der Waals surface area contributed by atoms with Gasteiger partial charge in [0.25, 0.3) is 5.78 Å². The fourth-order valence-corrected chi connectivity index (χ4v) is 7.06. The molecule has 2 aromatic carbocycles. The minimum Gasteiger partial charge on any atom is -0.505 e. The van der Waals surface area contributed by atoms with E-state index in [1.807, 2.05) is 24.3 Å². The second kappa shape index (κ2) is 11.6. The number of methoxy groups -OCH3 is 1. The van der Waals surface area contributed by atoms with Crippen molar-refractivity contribution in [3.8, 4) is 0 Å². The maximum Gasteiger partial charge on any atom is 0.337 e. The molecule has 10 nitrogen and oxygen atoms in total. The number of esters is 1. The van der Waals surface area contributed by atoms with Crippen LogP contribution in [0.3, 0.4) is 0 Å². The highest BCUT2D eigenvalue weighted by molar-refractivity contribution is 8.00. The number of anilines is 1. The summed E-state index contributed by atoms with van der Waals surface area (Å²) in [5, 5.41) is 21.0. The number of Topliss-reactive ketones (excluding diaryl/α,β-unsaturated/α-hetero) is 1. The van der Waals surface area contributed by atoms with Crippen LogP contribution in [0.4, 0.5) is 5.13 Å². The summed E-state index contributed by atoms with van der Waals surface area (Å²) in [5.41, 5.74) is 2.88. The molecule has 1 N–H and O–H groups in total. The summed E-state index contributed by atoms with van der Waals surface area (Å²) in [7, 11) is 1.28. The number of thioether (sulfide) groups is 1. The molecule has 6 rings (SSSR count). The van der Waals surface area contributed by atoms with E-state index in [1.54, 1.807) is 47.9 Å². The van der Waals surface area contributed by atoms with Crippen LogP contribution in [0.2, 0.25) is 5.02 Å². The lowest BCUT2D eigenvalue weighted by molar-refractivity contribution is -0.132. The molecule has 216 valence electrons. The van der Waals surface area contributed by atoms with Gasteiger partial charge in [0.05, 0.1) is 30.0 Å². The monoisotopic (exact) mass is 631 g/mol. The van der Waals surface area contributed by atoms with E-state index in [0.29, 0.717) is 32.0 Å². The molecule has 0 aliphatic carbocycles. The number of amides is 1. The van der Waals surface area contributed by atoms with Gasteiger partial charge >= 0.3 is 11.9 Å². The zero-order valence-corrected chi connectivity index (χ0v) is 25.1. The van der Waals surface area contributed by atoms with Crippen molar-refractivity contribution in [2.45, 2.75) is 23.1 Å². The van der Waals surface area contributed by atoms with Crippen LogP contribution in [-0.4, -0.2) is 49.5 Å². The Hall–Kier alpha value is -4.52. The minimum absolute atomic E-state index is 0.134. The van der Waals surface area contributed by atoms with E-state index >= 15 is 0 Å². The van der Waals surface area contributed by atoms with E-state index in [0.717, 1.165) is 16.9 Å². The van der Waals surface area contributed by atoms with Crippen molar-refractivity contribution in [3.05, 3.63) is 112 Å². The molecule has 43 heavy (non-hydrogen) atoms. The van der Waals surface area contributed by atoms with Crippen LogP contribution in [-0.2, 0) is 20.1 Å². The molecule has 0 spiro atoms. The SMILES string of the molecule is COC(=O)c1ccc(C2/C(=C(\O)c3c(C)nc4ccccn34)C(=O)C(=O)N2c2nnc(SCc3ccccc3Cl)s2)cc1. The number of nitrogens with zero attached hydrogens (tertiary/aromatic N) is 5. The first-order valence-corrected chi connectivity index (χ1v) is 15.1. The van der Waals surface area contributed by atoms with Crippen molar-refractivity contribution < 1.29 is 24.2 Å². The molecule has 5 aromatic rings. The third-order valence-corrected chi connectivity index (χ3v) is 9.40. The average molecular weight is 632 g/mol. The summed E-state index contributed by atoms with van der Waals surface area (Å²) in [6.45, 7) is 1.71. The van der Waals surface area contributed by atoms with Gasteiger partial charge in [-0.15, -0.1) is 10.2 Å². The standard InChI is InChI=1S/C30H22ClN5O5S2/c1-16-23(35-14-6-5-9-21(35)32-16)25(37)22-24(17-10-12-18(13-11-17)28(40)41-2)36(27(39)26(22)38)29-33-34-30(43-29)42-15-19-7-3-4-8-20(19)31/h3-14,24,37H,15H2,1-2H3/b25-22+. The molecular formula is C30H22ClN5O5S2. The van der Waals surface area contributed by atoms with Crippen molar-refractivity contribution in [1.82, 2.24) is 19.6 Å². The van der Waals surface area contributed by atoms with Crippen LogP contribution >= 0.6 is 34.7 Å². The number of aliphatic hydroxyl groups excluding tert-OH is 1. The number of aliphatic hydroxyl groups is 1. The molecular weight excluding hydrogens is 610 g/mol. The number of aryl methyl sites for hydroxylation is 1. The molecule has 1 unspecified atom stereocenters. The van der Waals surface area contributed by atoms with Gasteiger partial charge in [-0.1, -0.05) is 71.1 Å². The van der Waals surface area contributed by atoms with Gasteiger partial charge in [0.2, 0.25) is 5.13 Å². The number of ether oxygens (including phenoxy) is 1. The van der Waals surface area contributed by atoms with Gasteiger partial charge in [0.1, 0.15) is 11.3 Å². The Balaban J connectivity index is 1.45. The molecule has 1 atom stereocenters. The Kier molecular flexibility index (Phi) is 7.74. The number of imidazole rings is 1. The van der Waals surface area contributed by atoms with Crippen molar-refractivity contribution in [1.29, 1.82) is 0 Å². The molecule has 4 heterocycles. The van der Waals surface area contributed by atoms with Gasteiger partial charge in [0.15, 0.2) is 10.1 Å². The summed E-state index contributed by atoms with van der Waals surface area (Å²) in [5.74, 6) is -2.14. The zero-order chi connectivity index (χ0) is 30.2. The van der Waals surface area contributed by atoms with Crippen molar-refractivity contribution in [2.75, 3.05) is 12.0 Å². The third-order valence-electron chi connectivity index (χ3n) is 6.93. The fourth-order valence-electron chi connectivity index (χ4n) is 4.90. The number of hydrogen-bond acceptors (Lipinski definition) is 10. The Morgan fingerprint density at radius 1 is 1.07 bits per heavy atom. The number of pyridine rings is 1. The zero-order valence-electron chi connectivity index (χ0n) is 22.7. The molecule has 1 fully saturated rings. The van der Waals surface area contributed by atoms with Gasteiger partial charge in [-0.3, -0.25) is 18.9 Å². The number of benzene rings is 2. The van der Waals surface area contributed by atoms with Gasteiger partial charge in [0, 0.05) is 17.0 Å². The van der Waals surface area contributed by atoms with E-state index in [-0.39, 0.29) is 27.7 Å². The first-order valence-electron chi connectivity index (χ1n) is 12.9. The normalized spacial score (nSPS) is 16.3. The largest absolute Gasteiger partial charge is 0.505 e. The quantitative estimate of drug-likeness (QED) is 0.0587. The van der Waals surface area contributed by atoms with E-state index in [2.05, 4.69) is 15.2 Å². The van der Waals surface area contributed by atoms with E-state index in [1.165, 1.54) is 35.9 Å². The predicted molar refractivity (Wildman–Crippen MR) is 163 cm³/mol. The lowest BCUT2D eigenvalue weighted by Crippen LogP contribution is -2.29. The lowest BCUT2D eigenvalue weighted by atomic mass is 9.95. The Labute approximate surface area is 258 Å². The lowest BCUT2D eigenvalue weighted by Gasteiger charge is -2.22. The van der Waals surface area contributed by atoms with Crippen molar-refractivity contribution >= 4 is 68.9 Å². The number of fused-ring (bicyclic) bond motifs is 1. The van der Waals surface area contributed by atoms with Crippen LogP contribution in [0.15, 0.2) is 82.8 Å². The number of rotatable bonds is 7. The molecule has 1 saturated heterocycles. The molecule has 13 heteroatoms. The second-order valence-electron chi connectivity index (χ2n) is 9.49. The maximum atomic E-state index is 13.7. The van der Waals surface area contributed by atoms with Crippen molar-refractivity contribution in [3.63, 3.8) is 0 Å². The fraction of sp³-hybridized carbons (Fsp3) is 0.133. The molecule has 3 aromatic heterocycles. The summed E-state index contributed by atoms with van der Waals surface area (Å²) >= 11 is 8.83. The topological polar surface area (TPSA) is 127 Å². The summed E-state index contributed by atoms with van der Waals surface area (Å²) in [6, 6.07) is 18.0. The van der Waals surface area contributed by atoms with E-state index < -0.39 is 23.7 Å². The molecule has 1 amide bonds. The van der Waals surface area contributed by atoms with Gasteiger partial charge < -0.3 is 9.84 Å². The highest BCUT2D eigenvalue weighted by Gasteiger charge is 2.49. The predicted octanol–water partition coefficient (Wildman–Crippen LogP) is 5.85. The van der Waals surface area contributed by atoms with Crippen molar-refractivity contribution in [2.24, 2.45) is 0 Å². The van der Waals surface area contributed by atoms with E-state index in [4.69, 9.17) is 16.3 Å². The summed E-state index contributed by atoms with van der Waals surface area (Å²) in [6.07, 6.45) is 1.72. The maximum absolute atomic E-state index is 13.7. The molecule has 0 bridgehead atoms. The third kappa shape index (κ3) is 5.18. The molecule has 1 aliphatic rings. The molecule has 0 radical (unpaired) electrons. The van der Waals surface area contributed by atoms with Gasteiger partial charge in [-0.05, 0) is 48.4 Å². The number of carbonyl (C=O) groups excluding carboxylic acids is 3.